The number of aliphatic hydroxyl groups excluding tert-OH is 1. The lowest BCUT2D eigenvalue weighted by molar-refractivity contribution is -0.154. The van der Waals surface area contributed by atoms with E-state index < -0.39 is 28.7 Å². The average Bonchev–Trinajstić information content (AvgIpc) is 3.55. The third kappa shape index (κ3) is 4.98. The van der Waals surface area contributed by atoms with Gasteiger partial charge in [0.25, 0.3) is 0 Å². The summed E-state index contributed by atoms with van der Waals surface area (Å²) in [5.41, 5.74) is 0.987. The van der Waals surface area contributed by atoms with Gasteiger partial charge in [-0.15, -0.1) is 24.9 Å². The zero-order valence-electron chi connectivity index (χ0n) is 21.6. The molecule has 3 saturated heterocycles. The standard InChI is InChI=1S/C29H38N2O5S/c1-4-7-11-17-36-28(35)23-22-14-15-29(37-22)24(23)26(33)31(21(6-3)19-32)25(29)27(34)30(16-5-2)18-20-12-9-8-10-13-20/h4-5,8-10,12-13,21-25,32H,1-2,6-7,11,14-19H2,3H3/t21-,22+,23-,24-,25?,29?/m0/s1. The van der Waals surface area contributed by atoms with E-state index in [4.69, 9.17) is 4.74 Å². The maximum absolute atomic E-state index is 14.3. The van der Waals surface area contributed by atoms with Gasteiger partial charge >= 0.3 is 5.97 Å². The fraction of sp³-hybridized carbons (Fsp3) is 0.552. The van der Waals surface area contributed by atoms with Crippen molar-refractivity contribution in [3.8, 4) is 0 Å². The molecular weight excluding hydrogens is 488 g/mol. The number of hydrogen-bond donors (Lipinski definition) is 1. The first-order valence-corrected chi connectivity index (χ1v) is 14.1. The first kappa shape index (κ1) is 27.5. The fourth-order valence-corrected chi connectivity index (χ4v) is 8.49. The van der Waals surface area contributed by atoms with E-state index in [1.54, 1.807) is 33.7 Å². The van der Waals surface area contributed by atoms with Gasteiger partial charge in [0.2, 0.25) is 11.8 Å². The number of unbranched alkanes of at least 4 members (excludes halogenated alkanes) is 1. The summed E-state index contributed by atoms with van der Waals surface area (Å²) in [7, 11) is 0. The highest BCUT2D eigenvalue weighted by atomic mass is 32.2. The van der Waals surface area contributed by atoms with Crippen molar-refractivity contribution in [1.82, 2.24) is 9.80 Å². The van der Waals surface area contributed by atoms with Crippen molar-refractivity contribution in [2.24, 2.45) is 11.8 Å². The summed E-state index contributed by atoms with van der Waals surface area (Å²) >= 11 is 1.62. The SMILES string of the molecule is C=CCCCOC(=O)[C@@H]1[C@H]2C(=O)N([C@@H](CC)CO)C(C(=O)N(CC=C)Cc3ccccc3)C23CC[C@H]1S3. The predicted molar refractivity (Wildman–Crippen MR) is 145 cm³/mol. The molecule has 1 aromatic carbocycles. The van der Waals surface area contributed by atoms with E-state index in [9.17, 15) is 19.5 Å². The van der Waals surface area contributed by atoms with Gasteiger partial charge in [-0.1, -0.05) is 49.4 Å². The number of carbonyl (C=O) groups excluding carboxylic acids is 3. The van der Waals surface area contributed by atoms with Gasteiger partial charge in [-0.3, -0.25) is 14.4 Å². The molecule has 4 rings (SSSR count). The monoisotopic (exact) mass is 526 g/mol. The Hall–Kier alpha value is -2.58. The molecule has 1 N–H and O–H groups in total. The number of hydrogen-bond acceptors (Lipinski definition) is 6. The molecule has 1 aromatic rings. The molecule has 6 atom stereocenters. The molecule has 0 radical (unpaired) electrons. The molecule has 0 aromatic heterocycles. The normalized spacial score (nSPS) is 28.6. The summed E-state index contributed by atoms with van der Waals surface area (Å²) in [4.78, 5) is 45.0. The predicted octanol–water partition coefficient (Wildman–Crippen LogP) is 3.57. The number of nitrogens with zero attached hydrogens (tertiary/aromatic N) is 2. The zero-order chi connectivity index (χ0) is 26.6. The molecule has 7 nitrogen and oxygen atoms in total. The van der Waals surface area contributed by atoms with E-state index in [0.29, 0.717) is 32.4 Å². The number of carbonyl (C=O) groups is 3. The molecule has 2 bridgehead atoms. The molecular formula is C29H38N2O5S. The molecule has 3 aliphatic rings. The van der Waals surface area contributed by atoms with Crippen LogP contribution in [-0.4, -0.2) is 74.5 Å². The van der Waals surface area contributed by atoms with Gasteiger partial charge in [-0.25, -0.2) is 0 Å². The van der Waals surface area contributed by atoms with Crippen LogP contribution >= 0.6 is 11.8 Å². The van der Waals surface area contributed by atoms with Crippen LogP contribution in [0.4, 0.5) is 0 Å². The Labute approximate surface area is 223 Å². The van der Waals surface area contributed by atoms with E-state index in [2.05, 4.69) is 13.2 Å². The fourth-order valence-electron chi connectivity index (χ4n) is 6.31. The number of fused-ring (bicyclic) bond motifs is 1. The molecule has 37 heavy (non-hydrogen) atoms. The summed E-state index contributed by atoms with van der Waals surface area (Å²) in [6.45, 7) is 10.2. The average molecular weight is 527 g/mol. The third-order valence-corrected chi connectivity index (χ3v) is 9.95. The van der Waals surface area contributed by atoms with Crippen molar-refractivity contribution in [3.63, 3.8) is 0 Å². The van der Waals surface area contributed by atoms with Gasteiger partial charge in [0.15, 0.2) is 0 Å². The van der Waals surface area contributed by atoms with Crippen LogP contribution in [0.1, 0.15) is 44.6 Å². The van der Waals surface area contributed by atoms with Gasteiger partial charge < -0.3 is 19.6 Å². The van der Waals surface area contributed by atoms with Gasteiger partial charge in [0, 0.05) is 18.3 Å². The van der Waals surface area contributed by atoms with Crippen LogP contribution < -0.4 is 0 Å². The summed E-state index contributed by atoms with van der Waals surface area (Å²) in [5, 5.41) is 10.2. The van der Waals surface area contributed by atoms with Crippen molar-refractivity contribution in [3.05, 3.63) is 61.2 Å². The Morgan fingerprint density at radius 2 is 2.05 bits per heavy atom. The number of amides is 2. The topological polar surface area (TPSA) is 87.1 Å². The molecule has 200 valence electrons. The molecule has 8 heteroatoms. The zero-order valence-corrected chi connectivity index (χ0v) is 22.4. The minimum absolute atomic E-state index is 0.0468. The largest absolute Gasteiger partial charge is 0.465 e. The second kappa shape index (κ2) is 11.9. The van der Waals surface area contributed by atoms with E-state index in [1.807, 2.05) is 37.3 Å². The van der Waals surface area contributed by atoms with E-state index >= 15 is 0 Å². The number of benzene rings is 1. The van der Waals surface area contributed by atoms with Gasteiger partial charge in [0.05, 0.1) is 35.8 Å². The second-order valence-corrected chi connectivity index (χ2v) is 11.7. The van der Waals surface area contributed by atoms with Gasteiger partial charge in [-0.2, -0.15) is 0 Å². The van der Waals surface area contributed by atoms with Crippen LogP contribution in [0.25, 0.3) is 0 Å². The summed E-state index contributed by atoms with van der Waals surface area (Å²) in [5.74, 6) is -1.91. The minimum atomic E-state index is -0.751. The summed E-state index contributed by atoms with van der Waals surface area (Å²) in [6.07, 6.45) is 6.88. The molecule has 0 aliphatic carbocycles. The molecule has 1 spiro atoms. The smallest absolute Gasteiger partial charge is 0.310 e. The number of rotatable bonds is 13. The van der Waals surface area contributed by atoms with Gasteiger partial charge in [0.1, 0.15) is 6.04 Å². The van der Waals surface area contributed by atoms with Crippen molar-refractivity contribution in [2.75, 3.05) is 19.8 Å². The van der Waals surface area contributed by atoms with Crippen LogP contribution in [0.5, 0.6) is 0 Å². The number of allylic oxidation sites excluding steroid dienone is 1. The van der Waals surface area contributed by atoms with E-state index in [-0.39, 0.29) is 36.2 Å². The Morgan fingerprint density at radius 3 is 2.70 bits per heavy atom. The Morgan fingerprint density at radius 1 is 1.30 bits per heavy atom. The molecule has 3 fully saturated rings. The number of thioether (sulfide) groups is 1. The van der Waals surface area contributed by atoms with E-state index in [0.717, 1.165) is 18.4 Å². The highest BCUT2D eigenvalue weighted by Crippen LogP contribution is 2.67. The Kier molecular flexibility index (Phi) is 8.80. The lowest BCUT2D eigenvalue weighted by Crippen LogP contribution is -2.57. The molecule has 2 amide bonds. The molecule has 0 saturated carbocycles. The van der Waals surface area contributed by atoms with E-state index in [1.165, 1.54) is 0 Å². The van der Waals surface area contributed by atoms with Crippen LogP contribution in [0, 0.1) is 11.8 Å². The lowest BCUT2D eigenvalue weighted by Gasteiger charge is -2.39. The Bertz CT molecular complexity index is 1010. The van der Waals surface area contributed by atoms with Crippen molar-refractivity contribution >= 4 is 29.5 Å². The maximum atomic E-state index is 14.3. The molecule has 3 heterocycles. The number of ether oxygens (including phenoxy) is 1. The summed E-state index contributed by atoms with van der Waals surface area (Å²) < 4.78 is 4.91. The number of esters is 1. The lowest BCUT2D eigenvalue weighted by atomic mass is 9.71. The van der Waals surface area contributed by atoms with Crippen molar-refractivity contribution < 1.29 is 24.2 Å². The third-order valence-electron chi connectivity index (χ3n) is 7.99. The highest BCUT2D eigenvalue weighted by Gasteiger charge is 2.74. The first-order chi connectivity index (χ1) is 17.9. The van der Waals surface area contributed by atoms with Gasteiger partial charge in [-0.05, 0) is 37.7 Å². The van der Waals surface area contributed by atoms with Crippen LogP contribution in [0.15, 0.2) is 55.6 Å². The molecule has 2 unspecified atom stereocenters. The quantitative estimate of drug-likeness (QED) is 0.240. The van der Waals surface area contributed by atoms with Crippen LogP contribution in [0.2, 0.25) is 0 Å². The number of aliphatic hydroxyl groups is 1. The highest BCUT2D eigenvalue weighted by molar-refractivity contribution is 8.02. The van der Waals surface area contributed by atoms with Crippen molar-refractivity contribution in [1.29, 1.82) is 0 Å². The van der Waals surface area contributed by atoms with Crippen LogP contribution in [0.3, 0.4) is 0 Å². The van der Waals surface area contributed by atoms with Crippen molar-refractivity contribution in [2.45, 2.75) is 67.7 Å². The number of likely N-dealkylation sites (tertiary alicyclic amines) is 1. The Balaban J connectivity index is 1.68. The maximum Gasteiger partial charge on any atom is 0.310 e. The minimum Gasteiger partial charge on any atom is -0.465 e. The molecule has 3 aliphatic heterocycles. The first-order valence-electron chi connectivity index (χ1n) is 13.2. The second-order valence-electron chi connectivity index (χ2n) is 10.1. The van der Waals surface area contributed by atoms with Crippen LogP contribution in [-0.2, 0) is 25.7 Å². The summed E-state index contributed by atoms with van der Waals surface area (Å²) in [6, 6.07) is 8.50.